The van der Waals surface area contributed by atoms with Gasteiger partial charge in [-0.05, 0) is 45.4 Å². The number of hydrogen-bond donors (Lipinski definition) is 17. The SMILES string of the molecule is CNC(=O)C(CCCCNC(=O)COCCOCCOCCOC(OC(CO)[C@@H](C)O)[C@H](CO)NC(C)=O)NC(=O)C(CCCCNC(=O)COCCOCCOCCOC1OC(CO)C(O)C(O)C1NC(C)=O)NC(=O)COCCOCCOCCOC1OC(CO)C(O)C(O)C1NC(C)=O. The largest absolute Gasteiger partial charge is 0.394 e. The number of aliphatic hydroxyl groups is 9. The predicted octanol–water partition coefficient (Wildman–Crippen LogP) is -9.06. The van der Waals surface area contributed by atoms with E-state index in [0.717, 1.165) is 0 Å². The molecule has 0 spiro atoms. The number of likely N-dealkylation sites (N-methyl/N-ethyl adjacent to an activating group) is 1. The zero-order valence-corrected chi connectivity index (χ0v) is 59.0. The lowest BCUT2D eigenvalue weighted by molar-refractivity contribution is -0.272. The number of nitrogens with one attached hydrogen (secondary N) is 8. The molecule has 0 aliphatic carbocycles. The Morgan fingerprint density at radius 2 is 0.824 bits per heavy atom. The molecule has 102 heavy (non-hydrogen) atoms. The van der Waals surface area contributed by atoms with Crippen LogP contribution >= 0.6 is 0 Å². The molecule has 2 fully saturated rings. The highest BCUT2D eigenvalue weighted by Crippen LogP contribution is 2.24. The summed E-state index contributed by atoms with van der Waals surface area (Å²) in [7, 11) is 1.40. The highest BCUT2D eigenvalue weighted by Gasteiger charge is 2.47. The Labute approximate surface area is 593 Å². The van der Waals surface area contributed by atoms with Crippen molar-refractivity contribution in [2.24, 2.45) is 0 Å². The zero-order chi connectivity index (χ0) is 75.5. The fourth-order valence-corrected chi connectivity index (χ4v) is 9.63. The van der Waals surface area contributed by atoms with E-state index in [4.69, 9.17) is 71.1 Å². The standard InChI is InChI=1S/C62H114N8O32/c1-39(75)46(33-72)100-60(45(32-71)66-40(2)76)97-29-26-91-17-14-88-20-23-94-36-49(79)64-12-8-6-10-43(58(86)63-5)70-59(87)44(69-51(81)38-96-25-22-90-16-19-93-28-31-99-62-53(68-42(4)78)57(85)55(83)48(35-74)102-62)11-7-9-13-65-50(80)37-95-24-21-89-15-18-92-27-30-98-61-52(67-41(3)77)56(84)54(82)47(34-73)101-61/h39,43-48,52-57,60-62,71-75,82-85H,6-38H2,1-5H3,(H,63,86)(H,64,79)(H,65,80)(H,66,76)(H,67,77)(H,68,78)(H,69,81)(H,70,87)/t39-,43?,44?,45+,46?,47?,48?,52?,53?,54?,55?,56?,57?,60?,61?,62?/m1/s1. The molecule has 8 amide bonds. The molecule has 0 aromatic heterocycles. The number of unbranched alkanes of at least 4 members (excludes halogenated alkanes) is 2. The van der Waals surface area contributed by atoms with Crippen molar-refractivity contribution in [3.05, 3.63) is 0 Å². The van der Waals surface area contributed by atoms with Crippen LogP contribution in [-0.2, 0) is 109 Å². The first-order valence-corrected chi connectivity index (χ1v) is 34.0. The molecule has 2 aliphatic heterocycles. The van der Waals surface area contributed by atoms with Gasteiger partial charge in [-0.15, -0.1) is 0 Å². The Balaban J connectivity index is 1.78. The second kappa shape index (κ2) is 57.1. The molecule has 0 saturated carbocycles. The minimum absolute atomic E-state index is 0.0140. The van der Waals surface area contributed by atoms with Crippen LogP contribution in [0.3, 0.4) is 0 Å². The number of carbonyl (C=O) groups is 8. The normalized spacial score (nSPS) is 22.3. The Bertz CT molecular complexity index is 2300. The van der Waals surface area contributed by atoms with Gasteiger partial charge in [0.2, 0.25) is 47.3 Å². The third kappa shape index (κ3) is 40.9. The molecule has 0 aromatic carbocycles. The fourth-order valence-electron chi connectivity index (χ4n) is 9.63. The molecule has 16 atom stereocenters. The van der Waals surface area contributed by atoms with Gasteiger partial charge in [-0.25, -0.2) is 0 Å². The summed E-state index contributed by atoms with van der Waals surface area (Å²) in [6, 6.07) is -5.32. The monoisotopic (exact) mass is 1480 g/mol. The number of aliphatic hydroxyl groups excluding tert-OH is 9. The van der Waals surface area contributed by atoms with E-state index < -0.39 is 178 Å². The van der Waals surface area contributed by atoms with Gasteiger partial charge in [0.05, 0.1) is 151 Å². The number of rotatable bonds is 61. The quantitative estimate of drug-likeness (QED) is 0.0199. The average Bonchev–Trinajstić information content (AvgIpc) is 0.816. The van der Waals surface area contributed by atoms with E-state index in [0.29, 0.717) is 25.7 Å². The van der Waals surface area contributed by atoms with E-state index in [-0.39, 0.29) is 158 Å². The molecule has 17 N–H and O–H groups in total. The van der Waals surface area contributed by atoms with Crippen molar-refractivity contribution < 1.29 is 155 Å². The van der Waals surface area contributed by atoms with E-state index in [9.17, 15) is 84.3 Å². The number of hydrogen-bond acceptors (Lipinski definition) is 32. The smallest absolute Gasteiger partial charge is 0.246 e. The van der Waals surface area contributed by atoms with Crippen molar-refractivity contribution in [3.63, 3.8) is 0 Å². The van der Waals surface area contributed by atoms with E-state index in [1.54, 1.807) is 0 Å². The lowest BCUT2D eigenvalue weighted by Crippen LogP contribution is -2.64. The molecule has 0 bridgehead atoms. The molecule has 14 unspecified atom stereocenters. The summed E-state index contributed by atoms with van der Waals surface area (Å²) in [5.74, 6) is -4.06. The zero-order valence-electron chi connectivity index (χ0n) is 59.0. The van der Waals surface area contributed by atoms with Crippen LogP contribution in [0.5, 0.6) is 0 Å². The summed E-state index contributed by atoms with van der Waals surface area (Å²) in [5.41, 5.74) is 0. The van der Waals surface area contributed by atoms with E-state index >= 15 is 0 Å². The number of ether oxygens (including phenoxy) is 15. The summed E-state index contributed by atoms with van der Waals surface area (Å²) < 4.78 is 82.6. The van der Waals surface area contributed by atoms with E-state index in [2.05, 4.69) is 42.5 Å². The molecule has 0 radical (unpaired) electrons. The minimum atomic E-state index is -1.46. The fraction of sp³-hybridized carbons (Fsp3) is 0.871. The van der Waals surface area contributed by atoms with Crippen molar-refractivity contribution in [2.75, 3.05) is 185 Å². The molecule has 2 saturated heterocycles. The first-order chi connectivity index (χ1) is 49.0. The first-order valence-electron chi connectivity index (χ1n) is 34.0. The molecule has 2 heterocycles. The molecule has 40 nitrogen and oxygen atoms in total. The summed E-state index contributed by atoms with van der Waals surface area (Å²) >= 11 is 0. The third-order valence-electron chi connectivity index (χ3n) is 14.9. The number of amides is 8. The van der Waals surface area contributed by atoms with Crippen molar-refractivity contribution in [1.82, 2.24) is 42.5 Å². The van der Waals surface area contributed by atoms with Gasteiger partial charge in [0.25, 0.3) is 0 Å². The van der Waals surface area contributed by atoms with Gasteiger partial charge in [0.1, 0.15) is 92.8 Å². The minimum Gasteiger partial charge on any atom is -0.394 e. The van der Waals surface area contributed by atoms with Gasteiger partial charge in [0, 0.05) is 40.9 Å². The first kappa shape index (κ1) is 92.9. The van der Waals surface area contributed by atoms with Crippen LogP contribution in [0.25, 0.3) is 0 Å². The van der Waals surface area contributed by atoms with Crippen LogP contribution in [0.1, 0.15) is 66.2 Å². The summed E-state index contributed by atoms with van der Waals surface area (Å²) in [6.07, 6.45) is -11.9. The number of carbonyl (C=O) groups excluding carboxylic acids is 8. The van der Waals surface area contributed by atoms with Gasteiger partial charge in [0.15, 0.2) is 18.9 Å². The molecule has 594 valence electrons. The van der Waals surface area contributed by atoms with Gasteiger partial charge >= 0.3 is 0 Å². The predicted molar refractivity (Wildman–Crippen MR) is 350 cm³/mol. The van der Waals surface area contributed by atoms with Crippen molar-refractivity contribution in [2.45, 2.75) is 164 Å². The molecule has 40 heteroatoms. The van der Waals surface area contributed by atoms with Crippen molar-refractivity contribution in [1.29, 1.82) is 0 Å². The van der Waals surface area contributed by atoms with Gasteiger partial charge in [-0.3, -0.25) is 38.4 Å². The summed E-state index contributed by atoms with van der Waals surface area (Å²) in [5, 5.41) is 110. The Morgan fingerprint density at radius 1 is 0.441 bits per heavy atom. The highest BCUT2D eigenvalue weighted by molar-refractivity contribution is 5.92. The van der Waals surface area contributed by atoms with Crippen LogP contribution in [-0.4, -0.2) is 376 Å². The van der Waals surface area contributed by atoms with E-state index in [1.807, 2.05) is 0 Å². The van der Waals surface area contributed by atoms with Crippen LogP contribution in [0, 0.1) is 0 Å². The molecule has 0 aromatic rings. The van der Waals surface area contributed by atoms with Gasteiger partial charge in [-0.2, -0.15) is 0 Å². The van der Waals surface area contributed by atoms with Gasteiger partial charge in [-0.1, -0.05) is 0 Å². The Kier molecular flexibility index (Phi) is 52.0. The maximum atomic E-state index is 13.8. The van der Waals surface area contributed by atoms with E-state index in [1.165, 1.54) is 34.7 Å². The molecular weight excluding hydrogens is 1370 g/mol. The second-order valence-electron chi connectivity index (χ2n) is 23.3. The lowest BCUT2D eigenvalue weighted by atomic mass is 9.97. The van der Waals surface area contributed by atoms with Crippen LogP contribution in [0.2, 0.25) is 0 Å². The Morgan fingerprint density at radius 3 is 1.19 bits per heavy atom. The average molecular weight is 1480 g/mol. The maximum absolute atomic E-state index is 13.8. The van der Waals surface area contributed by atoms with Crippen LogP contribution in [0.4, 0.5) is 0 Å². The van der Waals surface area contributed by atoms with Crippen molar-refractivity contribution in [3.8, 4) is 0 Å². The molecule has 2 rings (SSSR count). The molecular formula is C62H114N8O32. The summed E-state index contributed by atoms with van der Waals surface area (Å²) in [4.78, 5) is 100.0. The lowest BCUT2D eigenvalue weighted by Gasteiger charge is -2.42. The molecule has 2 aliphatic rings. The van der Waals surface area contributed by atoms with Gasteiger partial charge < -0.3 is 160 Å². The second-order valence-corrected chi connectivity index (χ2v) is 23.3. The van der Waals surface area contributed by atoms with Crippen LogP contribution < -0.4 is 42.5 Å². The Hall–Kier alpha value is -5.20. The topological polar surface area (TPSA) is 553 Å². The van der Waals surface area contributed by atoms with Crippen molar-refractivity contribution >= 4 is 47.3 Å². The highest BCUT2D eigenvalue weighted by atomic mass is 16.7. The summed E-state index contributed by atoms with van der Waals surface area (Å²) in [6.45, 7) is 3.86. The maximum Gasteiger partial charge on any atom is 0.246 e. The third-order valence-corrected chi connectivity index (χ3v) is 14.9. The van der Waals surface area contributed by atoms with Crippen LogP contribution in [0.15, 0.2) is 0 Å².